The average molecular weight is 827 g/mol. The Balaban J connectivity index is 1.34. The summed E-state index contributed by atoms with van der Waals surface area (Å²) in [4.78, 5) is 64.5. The standard InChI is InChI=1S/C40H55N6O9PS/c1-9-24-19-40(24,56(50,51)22-52-7)45-35(47)32-17-27(20-46(32)36(48)34(39(4,5)6)44-38(49)55-25-12-10-11-13-25)54-33-18-30(31-21-57-37(43-31)41-23(2)3)42-29-16-26(53-8)14-15-28(29)33/h9,14-16,18,21,23-25,27,32,34H,1,10-13,17,19-20,22H2,2-8H3,(H,41,43)(H,44,49)(H,45,47)(H,50,51)/t24-,27?,32+,34-,40+/m1/s1. The van der Waals surface area contributed by atoms with Crippen molar-refractivity contribution >= 4 is 52.6 Å². The lowest BCUT2D eigenvalue weighted by atomic mass is 9.85. The van der Waals surface area contributed by atoms with Crippen LogP contribution in [0.15, 0.2) is 42.3 Å². The third kappa shape index (κ3) is 9.24. The molecule has 3 aliphatic rings. The van der Waals surface area contributed by atoms with Gasteiger partial charge in [-0.15, -0.1) is 17.9 Å². The number of carbonyl (C=O) groups is 3. The van der Waals surface area contributed by atoms with Crippen molar-refractivity contribution in [2.24, 2.45) is 11.3 Å². The van der Waals surface area contributed by atoms with Gasteiger partial charge < -0.3 is 44.7 Å². The van der Waals surface area contributed by atoms with Gasteiger partial charge in [-0.1, -0.05) is 26.8 Å². The van der Waals surface area contributed by atoms with Gasteiger partial charge in [0, 0.05) is 48.4 Å². The molecule has 0 bridgehead atoms. The van der Waals surface area contributed by atoms with E-state index in [1.807, 2.05) is 46.1 Å². The van der Waals surface area contributed by atoms with Crippen LogP contribution in [0.3, 0.4) is 0 Å². The molecule has 3 aromatic rings. The van der Waals surface area contributed by atoms with Crippen LogP contribution in [-0.2, 0) is 23.6 Å². The Morgan fingerprint density at radius 3 is 2.49 bits per heavy atom. The molecule has 310 valence electrons. The van der Waals surface area contributed by atoms with Crippen LogP contribution >= 0.6 is 18.7 Å². The number of hydrogen-bond acceptors (Lipinski definition) is 12. The number of amides is 3. The minimum atomic E-state index is -4.08. The molecule has 17 heteroatoms. The van der Waals surface area contributed by atoms with E-state index < -0.39 is 66.4 Å². The first kappa shape index (κ1) is 42.4. The maximum absolute atomic E-state index is 14.7. The summed E-state index contributed by atoms with van der Waals surface area (Å²) in [5.74, 6) is -0.549. The SMILES string of the molecule is C=C[C@@H]1C[C@]1(NC(=O)[C@@H]1CC(Oc2cc(-c3csc(NC(C)C)n3)nc3cc(OC)ccc23)CN1C(=O)[C@@H](NC(=O)OC1CCCC1)C(C)(C)C)P(=O)(O)COC. The number of fused-ring (bicyclic) bond motifs is 1. The lowest BCUT2D eigenvalue weighted by Crippen LogP contribution is -2.58. The molecule has 4 N–H and O–H groups in total. The molecule has 3 heterocycles. The second-order valence-corrected chi connectivity index (χ2v) is 19.9. The number of nitrogens with one attached hydrogen (secondary N) is 3. The van der Waals surface area contributed by atoms with Crippen LogP contribution in [0.2, 0.25) is 0 Å². The summed E-state index contributed by atoms with van der Waals surface area (Å²) in [6.45, 7) is 13.3. The predicted molar refractivity (Wildman–Crippen MR) is 219 cm³/mol. The third-order valence-corrected chi connectivity index (χ3v) is 14.0. The maximum atomic E-state index is 14.7. The minimum absolute atomic E-state index is 0.0238. The topological polar surface area (TPSA) is 191 Å². The highest BCUT2D eigenvalue weighted by molar-refractivity contribution is 7.60. The quantitative estimate of drug-likeness (QED) is 0.0962. The Hall–Kier alpha value is -4.24. The molecule has 3 amide bonds. The van der Waals surface area contributed by atoms with Gasteiger partial charge in [0.1, 0.15) is 53.1 Å². The number of anilines is 1. The summed E-state index contributed by atoms with van der Waals surface area (Å²) in [6.07, 6.45) is 3.14. The van der Waals surface area contributed by atoms with Gasteiger partial charge in [-0.3, -0.25) is 14.2 Å². The van der Waals surface area contributed by atoms with Crippen molar-refractivity contribution in [3.05, 3.63) is 42.3 Å². The van der Waals surface area contributed by atoms with E-state index in [0.717, 1.165) is 30.8 Å². The average Bonchev–Trinajstić information content (AvgIpc) is 3.55. The number of methoxy groups -OCH3 is 2. The van der Waals surface area contributed by atoms with E-state index in [9.17, 15) is 23.8 Å². The number of benzene rings is 1. The van der Waals surface area contributed by atoms with Crippen LogP contribution in [0.4, 0.5) is 9.93 Å². The number of hydrogen-bond donors (Lipinski definition) is 4. The fourth-order valence-electron chi connectivity index (χ4n) is 7.69. The molecular weight excluding hydrogens is 772 g/mol. The van der Waals surface area contributed by atoms with E-state index >= 15 is 0 Å². The highest BCUT2D eigenvalue weighted by Crippen LogP contribution is 2.69. The molecule has 2 unspecified atom stereocenters. The normalized spacial score (nSPS) is 23.8. The number of pyridine rings is 1. The van der Waals surface area contributed by atoms with Gasteiger partial charge in [0.25, 0.3) is 7.37 Å². The predicted octanol–water partition coefficient (Wildman–Crippen LogP) is 6.51. The van der Waals surface area contributed by atoms with E-state index in [4.69, 9.17) is 28.9 Å². The lowest BCUT2D eigenvalue weighted by molar-refractivity contribution is -0.142. The molecule has 6 atom stereocenters. The molecule has 1 aromatic carbocycles. The van der Waals surface area contributed by atoms with Gasteiger partial charge in [0.15, 0.2) is 5.13 Å². The van der Waals surface area contributed by atoms with Gasteiger partial charge in [-0.25, -0.2) is 14.8 Å². The van der Waals surface area contributed by atoms with Gasteiger partial charge in [-0.05, 0) is 63.5 Å². The van der Waals surface area contributed by atoms with Crippen molar-refractivity contribution in [2.45, 2.75) is 109 Å². The van der Waals surface area contributed by atoms with Crippen LogP contribution in [0.1, 0.15) is 73.1 Å². The second-order valence-electron chi connectivity index (χ2n) is 16.5. The van der Waals surface area contributed by atoms with Crippen molar-refractivity contribution in [1.29, 1.82) is 0 Å². The largest absolute Gasteiger partial charge is 0.497 e. The lowest BCUT2D eigenvalue weighted by Gasteiger charge is -2.35. The van der Waals surface area contributed by atoms with Crippen molar-refractivity contribution in [3.63, 3.8) is 0 Å². The summed E-state index contributed by atoms with van der Waals surface area (Å²) in [5, 5.41) is 10.8. The third-order valence-electron chi connectivity index (χ3n) is 10.8. The van der Waals surface area contributed by atoms with Crippen LogP contribution in [0, 0.1) is 11.3 Å². The van der Waals surface area contributed by atoms with E-state index in [1.54, 1.807) is 31.4 Å². The highest BCUT2D eigenvalue weighted by atomic mass is 32.1. The van der Waals surface area contributed by atoms with Gasteiger partial charge >= 0.3 is 6.09 Å². The molecule has 6 rings (SSSR count). The Labute approximate surface area is 337 Å². The summed E-state index contributed by atoms with van der Waals surface area (Å²) in [5.41, 5.74) is 0.995. The van der Waals surface area contributed by atoms with Gasteiger partial charge in [0.05, 0.1) is 24.9 Å². The van der Waals surface area contributed by atoms with Crippen LogP contribution in [0.5, 0.6) is 11.5 Å². The van der Waals surface area contributed by atoms with Crippen LogP contribution < -0.4 is 25.4 Å². The number of ether oxygens (including phenoxy) is 4. The first-order valence-electron chi connectivity index (χ1n) is 19.4. The molecular formula is C40H55N6O9PS. The Kier molecular flexibility index (Phi) is 12.6. The monoisotopic (exact) mass is 826 g/mol. The van der Waals surface area contributed by atoms with E-state index in [2.05, 4.69) is 22.5 Å². The highest BCUT2D eigenvalue weighted by Gasteiger charge is 2.66. The second kappa shape index (κ2) is 16.9. The first-order chi connectivity index (χ1) is 27.0. The van der Waals surface area contributed by atoms with Crippen molar-refractivity contribution in [2.75, 3.05) is 32.4 Å². The zero-order valence-electron chi connectivity index (χ0n) is 33.7. The van der Waals surface area contributed by atoms with Crippen molar-refractivity contribution in [3.8, 4) is 22.9 Å². The number of carbonyl (C=O) groups excluding carboxylic acids is 3. The molecule has 57 heavy (non-hydrogen) atoms. The number of nitrogens with zero attached hydrogens (tertiary/aromatic N) is 3. The van der Waals surface area contributed by atoms with E-state index in [0.29, 0.717) is 33.8 Å². The van der Waals surface area contributed by atoms with Crippen LogP contribution in [0.25, 0.3) is 22.3 Å². The zero-order valence-corrected chi connectivity index (χ0v) is 35.4. The maximum Gasteiger partial charge on any atom is 0.408 e. The molecule has 3 fully saturated rings. The van der Waals surface area contributed by atoms with Gasteiger partial charge in [0.2, 0.25) is 11.8 Å². The smallest absolute Gasteiger partial charge is 0.408 e. The Morgan fingerprint density at radius 1 is 1.12 bits per heavy atom. The fourth-order valence-corrected chi connectivity index (χ4v) is 10.5. The minimum Gasteiger partial charge on any atom is -0.497 e. The number of alkyl carbamates (subject to hydrolysis) is 1. The molecule has 1 saturated heterocycles. The first-order valence-corrected chi connectivity index (χ1v) is 22.1. The zero-order chi connectivity index (χ0) is 41.3. The molecule has 2 saturated carbocycles. The fraction of sp³-hybridized carbons (Fsp3) is 0.575. The van der Waals surface area contributed by atoms with Gasteiger partial charge in [-0.2, -0.15) is 0 Å². The molecule has 15 nitrogen and oxygen atoms in total. The Morgan fingerprint density at radius 2 is 1.86 bits per heavy atom. The summed E-state index contributed by atoms with van der Waals surface area (Å²) < 4.78 is 36.6. The number of likely N-dealkylation sites (tertiary alicyclic amines) is 1. The van der Waals surface area contributed by atoms with E-state index in [-0.39, 0.29) is 31.5 Å². The molecule has 0 radical (unpaired) electrons. The molecule has 2 aliphatic carbocycles. The number of aromatic nitrogens is 2. The molecule has 1 aliphatic heterocycles. The van der Waals surface area contributed by atoms with Crippen LogP contribution in [-0.4, -0.2) is 100 Å². The van der Waals surface area contributed by atoms with Crippen molar-refractivity contribution < 1.29 is 42.8 Å². The number of thiazole rings is 1. The molecule has 0 spiro atoms. The molecule has 2 aromatic heterocycles. The summed E-state index contributed by atoms with van der Waals surface area (Å²) in [7, 11) is -1.19. The summed E-state index contributed by atoms with van der Waals surface area (Å²) >= 11 is 1.46. The van der Waals surface area contributed by atoms with Crippen molar-refractivity contribution in [1.82, 2.24) is 25.5 Å². The summed E-state index contributed by atoms with van der Waals surface area (Å²) in [6, 6.07) is 5.21. The number of rotatable bonds is 15. The van der Waals surface area contributed by atoms with E-state index in [1.165, 1.54) is 23.3 Å². The Bertz CT molecular complexity index is 2030.